The number of benzene rings is 1. The van der Waals surface area contributed by atoms with Crippen LogP contribution in [0.5, 0.6) is 11.5 Å². The molecule has 1 aromatic rings. The highest BCUT2D eigenvalue weighted by molar-refractivity contribution is 5.45. The molecule has 0 amide bonds. The first kappa shape index (κ1) is 8.78. The molecule has 0 saturated heterocycles. The van der Waals surface area contributed by atoms with E-state index in [1.165, 1.54) is 6.07 Å². The fraction of sp³-hybridized carbons (Fsp3) is 0. The number of hydrogen-bond donors (Lipinski definition) is 3. The van der Waals surface area contributed by atoms with E-state index >= 15 is 0 Å². The molecule has 1 aromatic carbocycles. The molecule has 0 fully saturated rings. The molecule has 10 heavy (non-hydrogen) atoms. The molecule has 3 heteroatoms. The van der Waals surface area contributed by atoms with Crippen LogP contribution < -0.4 is 6.15 Å². The standard InChI is InChI=1S/C7H7O2.H3N/c1-5-3-2-4-6(8)7(5)9;/h2-4,8-9H,1H2;1H3. The average Bonchev–Trinajstić information content (AvgIpc) is 1.83. The summed E-state index contributed by atoms with van der Waals surface area (Å²) in [5.41, 5.74) is 0.440. The van der Waals surface area contributed by atoms with Crippen molar-refractivity contribution in [2.24, 2.45) is 0 Å². The Bertz CT molecular complexity index is 203. The molecule has 0 aliphatic heterocycles. The quantitative estimate of drug-likeness (QED) is 0.477. The lowest BCUT2D eigenvalue weighted by atomic mass is 10.2. The number of rotatable bonds is 0. The third kappa shape index (κ3) is 1.39. The Morgan fingerprint density at radius 1 is 1.20 bits per heavy atom. The summed E-state index contributed by atoms with van der Waals surface area (Å²) in [5.74, 6) is -0.264. The first-order chi connectivity index (χ1) is 4.22. The van der Waals surface area contributed by atoms with Gasteiger partial charge in [-0.25, -0.2) is 0 Å². The van der Waals surface area contributed by atoms with Gasteiger partial charge >= 0.3 is 0 Å². The van der Waals surface area contributed by atoms with Crippen molar-refractivity contribution >= 4 is 0 Å². The van der Waals surface area contributed by atoms with Gasteiger partial charge in [0.1, 0.15) is 0 Å². The molecule has 0 unspecified atom stereocenters. The van der Waals surface area contributed by atoms with E-state index in [2.05, 4.69) is 6.92 Å². The van der Waals surface area contributed by atoms with Gasteiger partial charge in [-0.1, -0.05) is 12.1 Å². The fourth-order valence-electron chi connectivity index (χ4n) is 0.578. The Labute approximate surface area is 59.5 Å². The zero-order valence-electron chi connectivity index (χ0n) is 5.54. The molecule has 0 bridgehead atoms. The molecule has 0 atom stereocenters. The maximum atomic E-state index is 8.89. The summed E-state index contributed by atoms with van der Waals surface area (Å²) in [7, 11) is 0. The van der Waals surface area contributed by atoms with Crippen molar-refractivity contribution in [1.29, 1.82) is 0 Å². The van der Waals surface area contributed by atoms with Crippen molar-refractivity contribution in [2.45, 2.75) is 0 Å². The van der Waals surface area contributed by atoms with E-state index < -0.39 is 0 Å². The molecule has 3 nitrogen and oxygen atoms in total. The van der Waals surface area contributed by atoms with Gasteiger partial charge in [0.05, 0.1) is 0 Å². The second-order valence-electron chi connectivity index (χ2n) is 1.78. The van der Waals surface area contributed by atoms with Crippen LogP contribution in [0.3, 0.4) is 0 Å². The van der Waals surface area contributed by atoms with Gasteiger partial charge in [-0.15, -0.1) is 0 Å². The van der Waals surface area contributed by atoms with Gasteiger partial charge < -0.3 is 16.4 Å². The summed E-state index contributed by atoms with van der Waals surface area (Å²) in [6.45, 7) is 3.47. The number of para-hydroxylation sites is 1. The van der Waals surface area contributed by atoms with E-state index in [0.717, 1.165) is 0 Å². The number of phenolic OH excluding ortho intramolecular Hbond substituents is 2. The van der Waals surface area contributed by atoms with Crippen molar-refractivity contribution in [3.63, 3.8) is 0 Å². The lowest BCUT2D eigenvalue weighted by Gasteiger charge is -1.97. The molecule has 0 heterocycles. The molecule has 0 aromatic heterocycles. The van der Waals surface area contributed by atoms with Crippen LogP contribution in [0.1, 0.15) is 5.56 Å². The Kier molecular flexibility index (Phi) is 2.70. The SMILES string of the molecule is N.[CH2]c1cccc(O)c1O. The molecule has 0 aliphatic rings. The van der Waals surface area contributed by atoms with Gasteiger partial charge in [-0.2, -0.15) is 0 Å². The fourth-order valence-corrected chi connectivity index (χ4v) is 0.578. The molecule has 0 aliphatic carbocycles. The van der Waals surface area contributed by atoms with Crippen LogP contribution >= 0.6 is 0 Å². The summed E-state index contributed by atoms with van der Waals surface area (Å²) >= 11 is 0. The van der Waals surface area contributed by atoms with Gasteiger partial charge in [-0.05, 0) is 18.6 Å². The van der Waals surface area contributed by atoms with Gasteiger partial charge in [0.25, 0.3) is 0 Å². The largest absolute Gasteiger partial charge is 0.504 e. The highest BCUT2D eigenvalue weighted by Gasteiger charge is 1.98. The van der Waals surface area contributed by atoms with Crippen molar-refractivity contribution in [2.75, 3.05) is 0 Å². The highest BCUT2D eigenvalue weighted by atomic mass is 16.3. The van der Waals surface area contributed by atoms with Crippen LogP contribution in [0, 0.1) is 6.92 Å². The third-order valence-electron chi connectivity index (χ3n) is 1.10. The molecular weight excluding hydrogens is 130 g/mol. The number of phenols is 2. The zero-order chi connectivity index (χ0) is 6.85. The lowest BCUT2D eigenvalue weighted by Crippen LogP contribution is -1.72. The van der Waals surface area contributed by atoms with E-state index in [1.807, 2.05) is 0 Å². The lowest BCUT2D eigenvalue weighted by molar-refractivity contribution is 0.402. The van der Waals surface area contributed by atoms with Gasteiger partial charge in [-0.3, -0.25) is 0 Å². The first-order valence-electron chi connectivity index (χ1n) is 2.54. The normalized spacial score (nSPS) is 8.50. The van der Waals surface area contributed by atoms with Crippen molar-refractivity contribution < 1.29 is 10.2 Å². The van der Waals surface area contributed by atoms with Crippen LogP contribution in [0.4, 0.5) is 0 Å². The zero-order valence-corrected chi connectivity index (χ0v) is 5.54. The van der Waals surface area contributed by atoms with E-state index in [9.17, 15) is 0 Å². The minimum atomic E-state index is -0.141. The predicted octanol–water partition coefficient (Wildman–Crippen LogP) is 1.44. The minimum absolute atomic E-state index is 0. The second-order valence-corrected chi connectivity index (χ2v) is 1.78. The van der Waals surface area contributed by atoms with Gasteiger partial charge in [0, 0.05) is 0 Å². The van der Waals surface area contributed by atoms with Crippen LogP contribution in [0.15, 0.2) is 18.2 Å². The van der Waals surface area contributed by atoms with E-state index in [0.29, 0.717) is 5.56 Å². The molecule has 5 N–H and O–H groups in total. The summed E-state index contributed by atoms with van der Waals surface area (Å²) < 4.78 is 0. The van der Waals surface area contributed by atoms with Crippen molar-refractivity contribution in [3.05, 3.63) is 30.7 Å². The monoisotopic (exact) mass is 140 g/mol. The first-order valence-corrected chi connectivity index (χ1v) is 2.54. The maximum Gasteiger partial charge on any atom is 0.160 e. The Morgan fingerprint density at radius 2 is 1.80 bits per heavy atom. The summed E-state index contributed by atoms with van der Waals surface area (Å²) in [6, 6.07) is 4.65. The summed E-state index contributed by atoms with van der Waals surface area (Å²) in [6.07, 6.45) is 0. The number of hydrogen-bond acceptors (Lipinski definition) is 3. The van der Waals surface area contributed by atoms with Crippen LogP contribution in [0.25, 0.3) is 0 Å². The maximum absolute atomic E-state index is 8.89. The Hall–Kier alpha value is -1.22. The Morgan fingerprint density at radius 3 is 2.20 bits per heavy atom. The van der Waals surface area contributed by atoms with E-state index in [4.69, 9.17) is 10.2 Å². The van der Waals surface area contributed by atoms with E-state index in [1.54, 1.807) is 12.1 Å². The van der Waals surface area contributed by atoms with E-state index in [-0.39, 0.29) is 17.6 Å². The topological polar surface area (TPSA) is 75.5 Å². The molecular formula is C7H10NO2. The number of aromatic hydroxyl groups is 2. The molecule has 1 rings (SSSR count). The summed E-state index contributed by atoms with van der Waals surface area (Å²) in [4.78, 5) is 0. The van der Waals surface area contributed by atoms with Gasteiger partial charge in [0.15, 0.2) is 11.5 Å². The molecule has 0 spiro atoms. The van der Waals surface area contributed by atoms with Crippen LogP contribution in [0.2, 0.25) is 0 Å². The molecule has 55 valence electrons. The Balaban J connectivity index is 0.000000810. The van der Waals surface area contributed by atoms with Gasteiger partial charge in [0.2, 0.25) is 0 Å². The van der Waals surface area contributed by atoms with Crippen LogP contribution in [-0.4, -0.2) is 10.2 Å². The molecule has 0 saturated carbocycles. The second kappa shape index (κ2) is 3.08. The van der Waals surface area contributed by atoms with Crippen molar-refractivity contribution in [1.82, 2.24) is 6.15 Å². The predicted molar refractivity (Wildman–Crippen MR) is 39.3 cm³/mol. The minimum Gasteiger partial charge on any atom is -0.504 e. The third-order valence-corrected chi connectivity index (χ3v) is 1.10. The smallest absolute Gasteiger partial charge is 0.160 e. The van der Waals surface area contributed by atoms with Crippen molar-refractivity contribution in [3.8, 4) is 11.5 Å². The summed E-state index contributed by atoms with van der Waals surface area (Å²) in [5, 5.41) is 17.7. The van der Waals surface area contributed by atoms with Crippen LogP contribution in [-0.2, 0) is 0 Å². The average molecular weight is 140 g/mol. The highest BCUT2D eigenvalue weighted by Crippen LogP contribution is 2.26. The molecule has 1 radical (unpaired) electrons.